The molecule has 0 aliphatic carbocycles. The molecule has 0 unspecified atom stereocenters. The Morgan fingerprint density at radius 2 is 1.84 bits per heavy atom. The molecule has 0 saturated heterocycles. The summed E-state index contributed by atoms with van der Waals surface area (Å²) in [5.41, 5.74) is 3.81. The van der Waals surface area contributed by atoms with Gasteiger partial charge < -0.3 is 14.2 Å². The first-order valence-corrected chi connectivity index (χ1v) is 14.8. The fourth-order valence-electron chi connectivity index (χ4n) is 5.04. The van der Waals surface area contributed by atoms with Crippen LogP contribution in [0.5, 0.6) is 11.5 Å². The number of ether oxygens (including phenoxy) is 3. The second kappa shape index (κ2) is 13.0. The minimum absolute atomic E-state index is 0.0399. The van der Waals surface area contributed by atoms with E-state index in [2.05, 4.69) is 19.8 Å². The van der Waals surface area contributed by atoms with Crippen molar-refractivity contribution in [2.75, 3.05) is 20.3 Å². The number of aromatic nitrogens is 1. The summed E-state index contributed by atoms with van der Waals surface area (Å²) in [5, 5.41) is 0. The van der Waals surface area contributed by atoms with Gasteiger partial charge >= 0.3 is 5.97 Å². The molecule has 4 aromatic rings. The van der Waals surface area contributed by atoms with Crippen LogP contribution in [0.2, 0.25) is 0 Å². The Morgan fingerprint density at radius 1 is 1.09 bits per heavy atom. The van der Waals surface area contributed by atoms with Gasteiger partial charge in [0.15, 0.2) is 16.3 Å². The third kappa shape index (κ3) is 5.90. The summed E-state index contributed by atoms with van der Waals surface area (Å²) in [6.45, 7) is 6.23. The van der Waals surface area contributed by atoms with E-state index in [9.17, 15) is 9.59 Å². The molecule has 8 heteroatoms. The van der Waals surface area contributed by atoms with E-state index in [1.807, 2.05) is 66.7 Å². The van der Waals surface area contributed by atoms with Gasteiger partial charge in [-0.3, -0.25) is 9.36 Å². The predicted molar refractivity (Wildman–Crippen MR) is 169 cm³/mol. The largest absolute Gasteiger partial charge is 0.493 e. The predicted octanol–water partition coefficient (Wildman–Crippen LogP) is 5.08. The zero-order valence-electron chi connectivity index (χ0n) is 24.5. The topological polar surface area (TPSA) is 79.1 Å². The number of carbonyl (C=O) groups is 1. The normalized spacial score (nSPS) is 14.6. The fraction of sp³-hybridized carbons (Fsp3) is 0.229. The second-order valence-corrected chi connectivity index (χ2v) is 11.1. The first-order chi connectivity index (χ1) is 20.9. The number of thiazole rings is 1. The van der Waals surface area contributed by atoms with Gasteiger partial charge in [0.2, 0.25) is 0 Å². The van der Waals surface area contributed by atoms with Crippen LogP contribution in [0.4, 0.5) is 0 Å². The maximum Gasteiger partial charge on any atom is 0.338 e. The van der Waals surface area contributed by atoms with E-state index in [1.165, 1.54) is 11.3 Å². The molecule has 0 fully saturated rings. The van der Waals surface area contributed by atoms with Gasteiger partial charge in [0.1, 0.15) is 6.61 Å². The Kier molecular flexibility index (Phi) is 8.93. The Hall–Kier alpha value is -4.87. The molecule has 7 nitrogen and oxygen atoms in total. The highest BCUT2D eigenvalue weighted by Gasteiger charge is 2.35. The lowest BCUT2D eigenvalue weighted by atomic mass is 9.91. The van der Waals surface area contributed by atoms with E-state index in [0.29, 0.717) is 43.6 Å². The Labute approximate surface area is 254 Å². The highest BCUT2D eigenvalue weighted by molar-refractivity contribution is 7.07. The van der Waals surface area contributed by atoms with Crippen LogP contribution in [0, 0.1) is 12.3 Å². The van der Waals surface area contributed by atoms with Gasteiger partial charge in [-0.15, -0.1) is 6.42 Å². The van der Waals surface area contributed by atoms with Crippen LogP contribution in [-0.2, 0) is 9.53 Å². The van der Waals surface area contributed by atoms with Gasteiger partial charge in [-0.2, -0.15) is 0 Å². The number of methoxy groups -OCH3 is 1. The van der Waals surface area contributed by atoms with Gasteiger partial charge in [-0.1, -0.05) is 97.8 Å². The minimum atomic E-state index is -0.753. The Balaban J connectivity index is 1.80. The standard InChI is InChI=1S/C35H32N2O5S/c1-6-20-42-32-26(14-11-15-27(32)40-5)21-28-33(38)37-31(25-18-16-23(17-19-25)22(3)4)29(34(39)41-7-2)30(36-35(37)43-28)24-12-9-8-10-13-24/h1,8-19,21-22,31H,7,20H2,2-5H3/b28-21-/t31-/m0/s1. The maximum absolute atomic E-state index is 14.2. The van der Waals surface area contributed by atoms with Gasteiger partial charge in [-0.25, -0.2) is 9.79 Å². The average Bonchev–Trinajstić information content (AvgIpc) is 3.34. The Bertz CT molecular complexity index is 1890. The quantitative estimate of drug-likeness (QED) is 0.200. The lowest BCUT2D eigenvalue weighted by molar-refractivity contribution is -0.138. The van der Waals surface area contributed by atoms with Crippen LogP contribution in [0.15, 0.2) is 88.2 Å². The molecule has 3 aromatic carbocycles. The summed E-state index contributed by atoms with van der Waals surface area (Å²) < 4.78 is 18.9. The zero-order chi connectivity index (χ0) is 30.5. The van der Waals surface area contributed by atoms with Crippen molar-refractivity contribution in [3.63, 3.8) is 0 Å². The number of carbonyl (C=O) groups excluding carboxylic acids is 1. The number of para-hydroxylation sites is 1. The number of esters is 1. The number of benzene rings is 3. The molecule has 0 spiro atoms. The third-order valence-corrected chi connectivity index (χ3v) is 8.09. The van der Waals surface area contributed by atoms with E-state index in [4.69, 9.17) is 25.6 Å². The van der Waals surface area contributed by atoms with E-state index in [-0.39, 0.29) is 18.8 Å². The van der Waals surface area contributed by atoms with Crippen LogP contribution in [0.1, 0.15) is 55.0 Å². The van der Waals surface area contributed by atoms with E-state index < -0.39 is 12.0 Å². The number of hydrogen-bond acceptors (Lipinski definition) is 7. The summed E-state index contributed by atoms with van der Waals surface area (Å²) in [4.78, 5) is 33.3. The highest BCUT2D eigenvalue weighted by Crippen LogP contribution is 2.36. The minimum Gasteiger partial charge on any atom is -0.493 e. The van der Waals surface area contributed by atoms with Crippen molar-refractivity contribution in [1.29, 1.82) is 0 Å². The monoisotopic (exact) mass is 592 g/mol. The first-order valence-electron chi connectivity index (χ1n) is 14.0. The number of nitrogens with zero attached hydrogens (tertiary/aromatic N) is 2. The molecule has 0 radical (unpaired) electrons. The molecule has 0 saturated carbocycles. The average molecular weight is 593 g/mol. The van der Waals surface area contributed by atoms with E-state index in [1.54, 1.807) is 30.7 Å². The molecular weight excluding hydrogens is 560 g/mol. The molecule has 1 aromatic heterocycles. The van der Waals surface area contributed by atoms with Crippen LogP contribution in [-0.4, -0.2) is 30.9 Å². The van der Waals surface area contributed by atoms with E-state index in [0.717, 1.165) is 16.7 Å². The summed E-state index contributed by atoms with van der Waals surface area (Å²) in [7, 11) is 1.54. The smallest absolute Gasteiger partial charge is 0.338 e. The van der Waals surface area contributed by atoms with Crippen LogP contribution < -0.4 is 24.4 Å². The van der Waals surface area contributed by atoms with Gasteiger partial charge in [0.05, 0.1) is 35.6 Å². The van der Waals surface area contributed by atoms with Crippen LogP contribution in [0.3, 0.4) is 0 Å². The van der Waals surface area contributed by atoms with Crippen molar-refractivity contribution in [1.82, 2.24) is 4.57 Å². The van der Waals surface area contributed by atoms with Crippen molar-refractivity contribution in [3.8, 4) is 23.8 Å². The van der Waals surface area contributed by atoms with Crippen LogP contribution >= 0.6 is 11.3 Å². The van der Waals surface area contributed by atoms with Crippen molar-refractivity contribution in [2.45, 2.75) is 32.7 Å². The van der Waals surface area contributed by atoms with Crippen molar-refractivity contribution >= 4 is 29.1 Å². The lowest BCUT2D eigenvalue weighted by Crippen LogP contribution is -2.40. The zero-order valence-corrected chi connectivity index (χ0v) is 25.3. The summed E-state index contributed by atoms with van der Waals surface area (Å²) in [6, 6.07) is 22.2. The van der Waals surface area contributed by atoms with Crippen molar-refractivity contribution in [2.24, 2.45) is 4.99 Å². The maximum atomic E-state index is 14.2. The molecule has 2 heterocycles. The second-order valence-electron chi connectivity index (χ2n) is 10.1. The molecule has 0 bridgehead atoms. The molecule has 5 rings (SSSR count). The molecule has 218 valence electrons. The van der Waals surface area contributed by atoms with Crippen molar-refractivity contribution < 1.29 is 19.0 Å². The van der Waals surface area contributed by atoms with Crippen LogP contribution in [0.25, 0.3) is 11.8 Å². The van der Waals surface area contributed by atoms with Gasteiger partial charge in [0.25, 0.3) is 5.56 Å². The summed E-state index contributed by atoms with van der Waals surface area (Å²) in [6.07, 6.45) is 7.19. The van der Waals surface area contributed by atoms with E-state index >= 15 is 0 Å². The third-order valence-electron chi connectivity index (χ3n) is 7.11. The first kappa shape index (κ1) is 29.6. The highest BCUT2D eigenvalue weighted by atomic mass is 32.1. The van der Waals surface area contributed by atoms with Gasteiger partial charge in [-0.05, 0) is 36.1 Å². The van der Waals surface area contributed by atoms with Gasteiger partial charge in [0, 0.05) is 11.1 Å². The number of rotatable bonds is 9. The molecule has 1 aliphatic heterocycles. The molecule has 43 heavy (non-hydrogen) atoms. The number of hydrogen-bond donors (Lipinski definition) is 0. The fourth-order valence-corrected chi connectivity index (χ4v) is 6.03. The molecule has 1 aliphatic rings. The van der Waals surface area contributed by atoms with Crippen molar-refractivity contribution in [3.05, 3.63) is 120 Å². The molecule has 1 atom stereocenters. The lowest BCUT2D eigenvalue weighted by Gasteiger charge is -2.26. The number of terminal acetylenes is 1. The molecule has 0 amide bonds. The SMILES string of the molecule is C#CCOc1c(/C=c2\sc3n(c2=O)[C@@H](c2ccc(C(C)C)cc2)C(C(=O)OCC)=C(c2ccccc2)N=3)cccc1OC. The number of fused-ring (bicyclic) bond motifs is 1. The summed E-state index contributed by atoms with van der Waals surface area (Å²) >= 11 is 1.24. The molecular formula is C35H32N2O5S. The molecule has 0 N–H and O–H groups in total. The Morgan fingerprint density at radius 3 is 2.49 bits per heavy atom. The summed E-state index contributed by atoms with van der Waals surface area (Å²) in [5.74, 6) is 3.21.